The SMILES string of the molecule is C=C1CC2C=Nc3cc(OCCCC(=C)Nc4cn(C)c(C(=C)Nc5cc(C(=O)n6ccc7cc(N)ccc76)n(C)c5)n4)c(OC)cc3C(=O)N2C1. The summed E-state index contributed by atoms with van der Waals surface area (Å²) < 4.78 is 16.9. The first-order valence-corrected chi connectivity index (χ1v) is 16.9. The van der Waals surface area contributed by atoms with Crippen molar-refractivity contribution in [3.63, 3.8) is 0 Å². The highest BCUT2D eigenvalue weighted by molar-refractivity contribution is 6.04. The van der Waals surface area contributed by atoms with Crippen molar-refractivity contribution in [1.29, 1.82) is 0 Å². The van der Waals surface area contributed by atoms with E-state index in [1.54, 1.807) is 51.6 Å². The predicted molar refractivity (Wildman–Crippen MR) is 205 cm³/mol. The number of aromatic nitrogens is 4. The lowest BCUT2D eigenvalue weighted by atomic mass is 10.1. The Hall–Kier alpha value is -6.50. The minimum absolute atomic E-state index is 0.0846. The minimum Gasteiger partial charge on any atom is -0.493 e. The third kappa shape index (κ3) is 6.55. The number of nitrogen functional groups attached to an aromatic ring is 1. The van der Waals surface area contributed by atoms with Crippen LogP contribution in [0.4, 0.5) is 22.9 Å². The Balaban J connectivity index is 0.931. The van der Waals surface area contributed by atoms with Gasteiger partial charge in [-0.3, -0.25) is 19.1 Å². The monoisotopic (exact) mass is 699 g/mol. The van der Waals surface area contributed by atoms with Crippen LogP contribution in [0.15, 0.2) is 97.1 Å². The molecule has 266 valence electrons. The number of nitrogens with two attached hydrogens (primary N) is 1. The molecule has 1 fully saturated rings. The number of amides is 1. The van der Waals surface area contributed by atoms with Gasteiger partial charge in [0.2, 0.25) is 0 Å². The van der Waals surface area contributed by atoms with Crippen LogP contribution in [0, 0.1) is 0 Å². The van der Waals surface area contributed by atoms with Gasteiger partial charge in [-0.25, -0.2) is 4.98 Å². The third-order valence-electron chi connectivity index (χ3n) is 9.23. The Morgan fingerprint density at radius 3 is 2.69 bits per heavy atom. The summed E-state index contributed by atoms with van der Waals surface area (Å²) in [5.74, 6) is 1.99. The molecule has 3 aromatic heterocycles. The van der Waals surface area contributed by atoms with Crippen molar-refractivity contribution < 1.29 is 19.1 Å². The number of methoxy groups -OCH3 is 1. The number of nitrogens with zero attached hydrogens (tertiary/aromatic N) is 6. The van der Waals surface area contributed by atoms with Gasteiger partial charge < -0.3 is 39.9 Å². The van der Waals surface area contributed by atoms with Crippen LogP contribution in [0.2, 0.25) is 0 Å². The number of benzene rings is 2. The smallest absolute Gasteiger partial charge is 0.279 e. The van der Waals surface area contributed by atoms with Crippen LogP contribution in [0.3, 0.4) is 0 Å². The topological polar surface area (TPSA) is 146 Å². The molecule has 5 heterocycles. The quantitative estimate of drug-likeness (QED) is 0.0777. The molecule has 2 aliphatic rings. The second kappa shape index (κ2) is 13.7. The first-order valence-electron chi connectivity index (χ1n) is 16.9. The summed E-state index contributed by atoms with van der Waals surface area (Å²) in [4.78, 5) is 37.8. The number of rotatable bonds is 12. The van der Waals surface area contributed by atoms with Gasteiger partial charge in [0.05, 0.1) is 47.9 Å². The molecule has 52 heavy (non-hydrogen) atoms. The zero-order valence-corrected chi connectivity index (χ0v) is 29.5. The summed E-state index contributed by atoms with van der Waals surface area (Å²) in [6.45, 7) is 13.3. The summed E-state index contributed by atoms with van der Waals surface area (Å²) in [6, 6.07) is 12.5. The number of anilines is 3. The number of carbonyl (C=O) groups is 2. The van der Waals surface area contributed by atoms with E-state index in [0.717, 1.165) is 28.6 Å². The first kappa shape index (κ1) is 34.0. The second-order valence-corrected chi connectivity index (χ2v) is 13.1. The molecule has 1 unspecified atom stereocenters. The fraction of sp³-hybridized carbons (Fsp3) is 0.231. The van der Waals surface area contributed by atoms with Crippen molar-refractivity contribution >= 4 is 57.5 Å². The van der Waals surface area contributed by atoms with Crippen molar-refractivity contribution in [3.05, 3.63) is 109 Å². The fourth-order valence-corrected chi connectivity index (χ4v) is 6.66. The molecular formula is C39H41N9O4. The van der Waals surface area contributed by atoms with Gasteiger partial charge in [-0.15, -0.1) is 0 Å². The molecule has 0 aliphatic carbocycles. The lowest BCUT2D eigenvalue weighted by molar-refractivity contribution is 0.0777. The third-order valence-corrected chi connectivity index (χ3v) is 9.23. The highest BCUT2D eigenvalue weighted by Crippen LogP contribution is 2.38. The average molecular weight is 700 g/mol. The van der Waals surface area contributed by atoms with Crippen LogP contribution in [-0.4, -0.2) is 67.9 Å². The Bertz CT molecular complexity index is 2310. The average Bonchev–Trinajstić information content (AvgIpc) is 3.88. The number of carbonyl (C=O) groups excluding carboxylic acids is 2. The molecule has 0 radical (unpaired) electrons. The maximum absolute atomic E-state index is 13.5. The van der Waals surface area contributed by atoms with E-state index < -0.39 is 0 Å². The molecule has 4 N–H and O–H groups in total. The van der Waals surface area contributed by atoms with E-state index in [9.17, 15) is 9.59 Å². The second-order valence-electron chi connectivity index (χ2n) is 13.1. The zero-order chi connectivity index (χ0) is 36.7. The van der Waals surface area contributed by atoms with Gasteiger partial charge in [-0.1, -0.05) is 25.3 Å². The molecule has 13 heteroatoms. The van der Waals surface area contributed by atoms with E-state index in [4.69, 9.17) is 20.2 Å². The molecule has 1 amide bonds. The van der Waals surface area contributed by atoms with Crippen LogP contribution in [0.1, 0.15) is 45.9 Å². The highest BCUT2D eigenvalue weighted by Gasteiger charge is 2.34. The van der Waals surface area contributed by atoms with Gasteiger partial charge in [0.25, 0.3) is 11.8 Å². The fourth-order valence-electron chi connectivity index (χ4n) is 6.66. The molecule has 1 saturated heterocycles. The van der Waals surface area contributed by atoms with Gasteiger partial charge in [0, 0.05) is 68.3 Å². The molecule has 2 aromatic carbocycles. The molecular weight excluding hydrogens is 658 g/mol. The Kier molecular flexibility index (Phi) is 8.93. The van der Waals surface area contributed by atoms with Crippen LogP contribution in [0.25, 0.3) is 16.6 Å². The predicted octanol–water partition coefficient (Wildman–Crippen LogP) is 6.35. The highest BCUT2D eigenvalue weighted by atomic mass is 16.5. The van der Waals surface area contributed by atoms with Crippen molar-refractivity contribution in [3.8, 4) is 11.5 Å². The number of nitrogens with one attached hydrogen (secondary N) is 2. The lowest BCUT2D eigenvalue weighted by Crippen LogP contribution is -2.35. The van der Waals surface area contributed by atoms with Gasteiger partial charge >= 0.3 is 0 Å². The van der Waals surface area contributed by atoms with Gasteiger partial charge in [0.1, 0.15) is 11.5 Å². The maximum atomic E-state index is 13.5. The van der Waals surface area contributed by atoms with Gasteiger partial charge in [-0.2, -0.15) is 0 Å². The molecule has 0 spiro atoms. The van der Waals surface area contributed by atoms with E-state index in [1.165, 1.54) is 0 Å². The Labute approximate surface area is 301 Å². The summed E-state index contributed by atoms with van der Waals surface area (Å²) in [7, 11) is 5.26. The van der Waals surface area contributed by atoms with Crippen LogP contribution in [0.5, 0.6) is 11.5 Å². The lowest BCUT2D eigenvalue weighted by Gasteiger charge is -2.20. The van der Waals surface area contributed by atoms with E-state index in [1.807, 2.05) is 55.5 Å². The van der Waals surface area contributed by atoms with E-state index in [-0.39, 0.29) is 17.9 Å². The number of allylic oxidation sites excluding steroid dienone is 1. The first-order chi connectivity index (χ1) is 25.0. The molecule has 2 aliphatic heterocycles. The summed E-state index contributed by atoms with van der Waals surface area (Å²) in [5, 5.41) is 7.46. The largest absolute Gasteiger partial charge is 0.493 e. The van der Waals surface area contributed by atoms with Crippen LogP contribution < -0.4 is 25.8 Å². The standard InChI is InChI=1S/C39H41N9O4/c1-23-14-29-19-41-31-18-35(34(51-6)17-30(31)38(49)48(29)20-23)52-13-7-8-24(2)42-36-22-46(5)37(44-36)25(3)43-28-16-33(45(4)21-28)39(50)47-12-11-26-15-27(40)9-10-32(26)47/h9-12,15-19,21-22,29,42-43H,1-3,7-8,13-14,20,40H2,4-6H3. The summed E-state index contributed by atoms with van der Waals surface area (Å²) in [5.41, 5.74) is 11.9. The Morgan fingerprint density at radius 2 is 1.88 bits per heavy atom. The van der Waals surface area contributed by atoms with E-state index in [0.29, 0.717) is 83.2 Å². The van der Waals surface area contributed by atoms with E-state index >= 15 is 0 Å². The number of aliphatic imine (C=N–C) groups is 1. The number of hydrogen-bond acceptors (Lipinski definition) is 9. The number of aryl methyl sites for hydroxylation is 2. The molecule has 13 nitrogen and oxygen atoms in total. The molecule has 0 bridgehead atoms. The summed E-state index contributed by atoms with van der Waals surface area (Å²) >= 11 is 0. The zero-order valence-electron chi connectivity index (χ0n) is 29.5. The van der Waals surface area contributed by atoms with Crippen molar-refractivity contribution in [2.75, 3.05) is 36.6 Å². The number of hydrogen-bond donors (Lipinski definition) is 3. The van der Waals surface area contributed by atoms with Crippen molar-refractivity contribution in [1.82, 2.24) is 23.6 Å². The van der Waals surface area contributed by atoms with Gasteiger partial charge in [-0.05, 0) is 55.7 Å². The molecule has 7 rings (SSSR count). The van der Waals surface area contributed by atoms with Crippen molar-refractivity contribution in [2.24, 2.45) is 19.1 Å². The normalized spacial score (nSPS) is 15.0. The molecule has 5 aromatic rings. The van der Waals surface area contributed by atoms with Gasteiger partial charge in [0.15, 0.2) is 17.3 Å². The minimum atomic E-state index is -0.163. The van der Waals surface area contributed by atoms with Crippen LogP contribution in [-0.2, 0) is 14.1 Å². The number of imidazole rings is 1. The maximum Gasteiger partial charge on any atom is 0.279 e. The summed E-state index contributed by atoms with van der Waals surface area (Å²) in [6.07, 6.45) is 9.27. The number of ether oxygens (including phenoxy) is 2. The van der Waals surface area contributed by atoms with Crippen LogP contribution >= 0.6 is 0 Å². The Morgan fingerprint density at radius 1 is 1.06 bits per heavy atom. The number of fused-ring (bicyclic) bond motifs is 3. The van der Waals surface area contributed by atoms with E-state index in [2.05, 4.69) is 35.4 Å². The molecule has 0 saturated carbocycles. The van der Waals surface area contributed by atoms with Crippen molar-refractivity contribution in [2.45, 2.75) is 25.3 Å². The molecule has 1 atom stereocenters.